The number of carbonyl (C=O) groups is 1. The van der Waals surface area contributed by atoms with Gasteiger partial charge in [-0.3, -0.25) is 9.78 Å². The van der Waals surface area contributed by atoms with Crippen molar-refractivity contribution >= 4 is 33.8 Å². The van der Waals surface area contributed by atoms with Gasteiger partial charge < -0.3 is 15.0 Å². The van der Waals surface area contributed by atoms with E-state index in [1.54, 1.807) is 24.4 Å². The molecule has 0 aliphatic carbocycles. The Balaban J connectivity index is 1.33. The van der Waals surface area contributed by atoms with E-state index < -0.39 is 0 Å². The number of aromatic nitrogens is 2. The van der Waals surface area contributed by atoms with Crippen molar-refractivity contribution in [3.8, 4) is 5.75 Å². The first kappa shape index (κ1) is 18.7. The molecule has 0 fully saturated rings. The molecule has 0 spiro atoms. The van der Waals surface area contributed by atoms with E-state index in [0.717, 1.165) is 33.2 Å². The third-order valence-electron chi connectivity index (χ3n) is 4.63. The Bertz CT molecular complexity index is 1210. The second-order valence-electron chi connectivity index (χ2n) is 6.68. The highest BCUT2D eigenvalue weighted by molar-refractivity contribution is 6.08. The molecule has 2 N–H and O–H groups in total. The van der Waals surface area contributed by atoms with Gasteiger partial charge in [0, 0.05) is 28.6 Å². The standard InChI is InChI=1S/C23H20FN3O2/c1-15-23-19(9-10-25-15)20-14-18(6-7-21(20)27-23)29-12-11-26-22(28)8-5-16-3-2-4-17(24)13-16/h2-10,13-14,27H,11-12H2,1H3,(H,26,28)/b8-5+. The van der Waals surface area contributed by atoms with E-state index >= 15 is 0 Å². The van der Waals surface area contributed by atoms with Gasteiger partial charge in [0.25, 0.3) is 0 Å². The molecule has 2 aromatic carbocycles. The number of carbonyl (C=O) groups excluding carboxylic acids is 1. The van der Waals surface area contributed by atoms with Crippen molar-refractivity contribution < 1.29 is 13.9 Å². The van der Waals surface area contributed by atoms with Crippen LogP contribution in [0.25, 0.3) is 27.9 Å². The van der Waals surface area contributed by atoms with E-state index in [9.17, 15) is 9.18 Å². The Kier molecular flexibility index (Phi) is 5.24. The van der Waals surface area contributed by atoms with Crippen LogP contribution in [-0.2, 0) is 4.79 Å². The van der Waals surface area contributed by atoms with E-state index in [2.05, 4.69) is 15.3 Å². The summed E-state index contributed by atoms with van der Waals surface area (Å²) in [6.45, 7) is 2.68. The van der Waals surface area contributed by atoms with Gasteiger partial charge in [0.2, 0.25) is 5.91 Å². The molecule has 6 heteroatoms. The van der Waals surface area contributed by atoms with Crippen LogP contribution in [0, 0.1) is 12.7 Å². The smallest absolute Gasteiger partial charge is 0.244 e. The fraction of sp³-hybridized carbons (Fsp3) is 0.130. The molecule has 0 aliphatic rings. The predicted octanol–water partition coefficient (Wildman–Crippen LogP) is 4.37. The summed E-state index contributed by atoms with van der Waals surface area (Å²) in [7, 11) is 0. The third-order valence-corrected chi connectivity index (χ3v) is 4.63. The molecule has 4 rings (SSSR count). The summed E-state index contributed by atoms with van der Waals surface area (Å²) in [5.41, 5.74) is 3.64. The fourth-order valence-corrected chi connectivity index (χ4v) is 3.21. The molecule has 0 aliphatic heterocycles. The van der Waals surface area contributed by atoms with E-state index in [4.69, 9.17) is 4.74 Å². The first-order valence-electron chi connectivity index (χ1n) is 9.31. The number of rotatable bonds is 6. The van der Waals surface area contributed by atoms with Crippen LogP contribution in [0.5, 0.6) is 5.75 Å². The van der Waals surface area contributed by atoms with Crippen molar-refractivity contribution in [1.29, 1.82) is 0 Å². The largest absolute Gasteiger partial charge is 0.492 e. The van der Waals surface area contributed by atoms with Gasteiger partial charge in [0.15, 0.2) is 0 Å². The van der Waals surface area contributed by atoms with E-state index in [-0.39, 0.29) is 11.7 Å². The van der Waals surface area contributed by atoms with Crippen LogP contribution in [0.2, 0.25) is 0 Å². The number of pyridine rings is 1. The number of amides is 1. The zero-order valence-electron chi connectivity index (χ0n) is 15.9. The number of ether oxygens (including phenoxy) is 1. The Morgan fingerprint density at radius 3 is 2.97 bits per heavy atom. The van der Waals surface area contributed by atoms with Crippen LogP contribution in [0.15, 0.2) is 60.8 Å². The van der Waals surface area contributed by atoms with Gasteiger partial charge >= 0.3 is 0 Å². The Hall–Kier alpha value is -3.67. The van der Waals surface area contributed by atoms with Crippen LogP contribution < -0.4 is 10.1 Å². The van der Waals surface area contributed by atoms with Crippen molar-refractivity contribution in [3.63, 3.8) is 0 Å². The molecule has 146 valence electrons. The van der Waals surface area contributed by atoms with E-state index in [1.165, 1.54) is 18.2 Å². The summed E-state index contributed by atoms with van der Waals surface area (Å²) < 4.78 is 18.9. The lowest BCUT2D eigenvalue weighted by Gasteiger charge is -2.07. The van der Waals surface area contributed by atoms with Crippen LogP contribution in [0.4, 0.5) is 4.39 Å². The summed E-state index contributed by atoms with van der Waals surface area (Å²) in [6.07, 6.45) is 4.75. The number of hydrogen-bond donors (Lipinski definition) is 2. The summed E-state index contributed by atoms with van der Waals surface area (Å²) in [5.74, 6) is 0.143. The van der Waals surface area contributed by atoms with Crippen molar-refractivity contribution in [2.24, 2.45) is 0 Å². The Morgan fingerprint density at radius 2 is 2.10 bits per heavy atom. The van der Waals surface area contributed by atoms with Crippen LogP contribution in [-0.4, -0.2) is 29.0 Å². The number of halogens is 1. The van der Waals surface area contributed by atoms with Gasteiger partial charge in [-0.15, -0.1) is 0 Å². The quantitative estimate of drug-likeness (QED) is 0.380. The average molecular weight is 389 g/mol. The van der Waals surface area contributed by atoms with Crippen molar-refractivity contribution in [3.05, 3.63) is 77.9 Å². The first-order valence-corrected chi connectivity index (χ1v) is 9.31. The summed E-state index contributed by atoms with van der Waals surface area (Å²) in [6, 6.07) is 13.9. The molecule has 2 aromatic heterocycles. The van der Waals surface area contributed by atoms with Gasteiger partial charge in [-0.2, -0.15) is 0 Å². The zero-order chi connectivity index (χ0) is 20.2. The molecule has 2 heterocycles. The van der Waals surface area contributed by atoms with Crippen molar-refractivity contribution in [1.82, 2.24) is 15.3 Å². The predicted molar refractivity (Wildman–Crippen MR) is 112 cm³/mol. The molecular weight excluding hydrogens is 369 g/mol. The summed E-state index contributed by atoms with van der Waals surface area (Å²) in [4.78, 5) is 19.6. The number of nitrogens with zero attached hydrogens (tertiary/aromatic N) is 1. The Labute approximate surface area is 167 Å². The number of benzene rings is 2. The molecule has 0 radical (unpaired) electrons. The number of fused-ring (bicyclic) bond motifs is 3. The van der Waals surface area contributed by atoms with Crippen molar-refractivity contribution in [2.75, 3.05) is 13.2 Å². The fourth-order valence-electron chi connectivity index (χ4n) is 3.21. The zero-order valence-corrected chi connectivity index (χ0v) is 15.9. The van der Waals surface area contributed by atoms with Crippen LogP contribution >= 0.6 is 0 Å². The molecule has 0 atom stereocenters. The van der Waals surface area contributed by atoms with Crippen LogP contribution in [0.3, 0.4) is 0 Å². The molecule has 0 unspecified atom stereocenters. The van der Waals surface area contributed by atoms with Gasteiger partial charge in [-0.1, -0.05) is 12.1 Å². The molecule has 4 aromatic rings. The number of nitrogens with one attached hydrogen (secondary N) is 2. The molecule has 5 nitrogen and oxygen atoms in total. The minimum Gasteiger partial charge on any atom is -0.492 e. The molecule has 0 saturated carbocycles. The highest BCUT2D eigenvalue weighted by Crippen LogP contribution is 2.29. The average Bonchev–Trinajstić information content (AvgIpc) is 3.09. The Morgan fingerprint density at radius 1 is 1.21 bits per heavy atom. The molecular formula is C23H20FN3O2. The van der Waals surface area contributed by atoms with E-state index in [0.29, 0.717) is 18.7 Å². The highest BCUT2D eigenvalue weighted by atomic mass is 19.1. The highest BCUT2D eigenvalue weighted by Gasteiger charge is 2.08. The lowest BCUT2D eigenvalue weighted by atomic mass is 10.1. The van der Waals surface area contributed by atoms with Gasteiger partial charge in [-0.05, 0) is 55.0 Å². The lowest BCUT2D eigenvalue weighted by Crippen LogP contribution is -2.26. The lowest BCUT2D eigenvalue weighted by molar-refractivity contribution is -0.116. The second-order valence-corrected chi connectivity index (χ2v) is 6.68. The second kappa shape index (κ2) is 8.14. The number of hydrogen-bond acceptors (Lipinski definition) is 3. The van der Waals surface area contributed by atoms with Crippen LogP contribution in [0.1, 0.15) is 11.3 Å². The summed E-state index contributed by atoms with van der Waals surface area (Å²) in [5, 5.41) is 4.93. The monoisotopic (exact) mass is 389 g/mol. The molecule has 29 heavy (non-hydrogen) atoms. The maximum Gasteiger partial charge on any atom is 0.244 e. The van der Waals surface area contributed by atoms with Gasteiger partial charge in [-0.25, -0.2) is 4.39 Å². The minimum atomic E-state index is -0.334. The number of aromatic amines is 1. The maximum absolute atomic E-state index is 13.1. The molecule has 0 bridgehead atoms. The van der Waals surface area contributed by atoms with Crippen molar-refractivity contribution in [2.45, 2.75) is 6.92 Å². The van der Waals surface area contributed by atoms with E-state index in [1.807, 2.05) is 31.2 Å². The SMILES string of the molecule is Cc1nccc2c1[nH]c1ccc(OCCNC(=O)/C=C/c3cccc(F)c3)cc12. The molecule has 1 amide bonds. The third kappa shape index (κ3) is 4.27. The van der Waals surface area contributed by atoms with Gasteiger partial charge in [0.05, 0.1) is 17.8 Å². The molecule has 0 saturated heterocycles. The number of H-pyrrole nitrogens is 1. The normalized spacial score (nSPS) is 11.4. The number of aryl methyl sites for hydroxylation is 1. The first-order chi connectivity index (χ1) is 14.1. The van der Waals surface area contributed by atoms with Gasteiger partial charge in [0.1, 0.15) is 18.2 Å². The summed E-state index contributed by atoms with van der Waals surface area (Å²) >= 11 is 0. The topological polar surface area (TPSA) is 67.0 Å². The maximum atomic E-state index is 13.1. The minimum absolute atomic E-state index is 0.257.